The highest BCUT2D eigenvalue weighted by Crippen LogP contribution is 2.75. The van der Waals surface area contributed by atoms with Gasteiger partial charge >= 0.3 is 0 Å². The van der Waals surface area contributed by atoms with Gasteiger partial charge in [-0.05, 0) is 110 Å². The average molecular weight is 605 g/mol. The average Bonchev–Trinajstić information content (AvgIpc) is 3.31. The van der Waals surface area contributed by atoms with E-state index in [0.29, 0.717) is 29.6 Å². The molecule has 246 valence electrons. The second-order valence-corrected chi connectivity index (χ2v) is 16.7. The summed E-state index contributed by atoms with van der Waals surface area (Å²) >= 11 is 0. The van der Waals surface area contributed by atoms with Gasteiger partial charge in [-0.1, -0.05) is 65.3 Å². The van der Waals surface area contributed by atoms with Crippen LogP contribution in [0.25, 0.3) is 0 Å². The summed E-state index contributed by atoms with van der Waals surface area (Å²) in [6.07, 6.45) is 7.03. The minimum absolute atomic E-state index is 0.0355. The van der Waals surface area contributed by atoms with E-state index in [1.54, 1.807) is 0 Å². The third-order valence-corrected chi connectivity index (χ3v) is 14.0. The van der Waals surface area contributed by atoms with E-state index in [2.05, 4.69) is 73.6 Å². The van der Waals surface area contributed by atoms with Crippen LogP contribution in [0.15, 0.2) is 23.8 Å². The molecule has 4 aliphatic carbocycles. The molecule has 0 spiro atoms. The summed E-state index contributed by atoms with van der Waals surface area (Å²) in [5, 5.41) is 52.9. The fraction of sp³-hybridized carbons (Fsp3) is 0.889. The predicted octanol–water partition coefficient (Wildman–Crippen LogP) is 4.99. The van der Waals surface area contributed by atoms with Gasteiger partial charge in [0.25, 0.3) is 0 Å². The van der Waals surface area contributed by atoms with Crippen molar-refractivity contribution < 1.29 is 35.0 Å². The molecule has 15 atom stereocenters. The molecule has 43 heavy (non-hydrogen) atoms. The Morgan fingerprint density at radius 1 is 0.884 bits per heavy atom. The first kappa shape index (κ1) is 33.6. The van der Waals surface area contributed by atoms with E-state index in [1.165, 1.54) is 18.4 Å². The first-order valence-electron chi connectivity index (χ1n) is 17.0. The summed E-state index contributed by atoms with van der Waals surface area (Å²) in [5.41, 5.74) is 1.32. The Bertz CT molecular complexity index is 1070. The van der Waals surface area contributed by atoms with Crippen molar-refractivity contribution in [2.45, 2.75) is 143 Å². The zero-order chi connectivity index (χ0) is 31.7. The molecule has 0 aromatic heterocycles. The molecular formula is C36H60O7. The number of fused-ring (bicyclic) bond motifs is 5. The Hall–Kier alpha value is -0.800. The molecule has 0 amide bonds. The van der Waals surface area contributed by atoms with Crippen molar-refractivity contribution in [2.24, 2.45) is 51.2 Å². The maximum atomic E-state index is 12.0. The van der Waals surface area contributed by atoms with Crippen LogP contribution in [0.5, 0.6) is 0 Å². The van der Waals surface area contributed by atoms with Crippen LogP contribution >= 0.6 is 0 Å². The van der Waals surface area contributed by atoms with Gasteiger partial charge in [-0.15, -0.1) is 0 Å². The van der Waals surface area contributed by atoms with E-state index in [0.717, 1.165) is 32.1 Å². The first-order chi connectivity index (χ1) is 20.0. The Morgan fingerprint density at radius 2 is 1.56 bits per heavy atom. The van der Waals surface area contributed by atoms with Crippen LogP contribution < -0.4 is 0 Å². The lowest BCUT2D eigenvalue weighted by molar-refractivity contribution is -0.331. The molecule has 1 unspecified atom stereocenters. The Morgan fingerprint density at radius 3 is 2.21 bits per heavy atom. The smallest absolute Gasteiger partial charge is 0.186 e. The van der Waals surface area contributed by atoms with Gasteiger partial charge in [0.15, 0.2) is 6.29 Å². The van der Waals surface area contributed by atoms with Crippen molar-refractivity contribution in [3.8, 4) is 0 Å². The normalized spacial score (nSPS) is 51.8. The molecule has 0 bridgehead atoms. The van der Waals surface area contributed by atoms with Crippen molar-refractivity contribution in [2.75, 3.05) is 6.61 Å². The molecule has 0 radical (unpaired) electrons. The first-order valence-corrected chi connectivity index (χ1v) is 17.0. The number of aliphatic hydroxyl groups is 5. The van der Waals surface area contributed by atoms with Crippen molar-refractivity contribution in [1.82, 2.24) is 0 Å². The van der Waals surface area contributed by atoms with Gasteiger partial charge in [-0.25, -0.2) is 0 Å². The highest BCUT2D eigenvalue weighted by molar-refractivity contribution is 5.20. The number of aliphatic hydroxyl groups excluding tert-OH is 5. The largest absolute Gasteiger partial charge is 0.394 e. The number of allylic oxidation sites excluding steroid dienone is 4. The van der Waals surface area contributed by atoms with Crippen LogP contribution in [-0.2, 0) is 9.47 Å². The van der Waals surface area contributed by atoms with Crippen LogP contribution in [0.4, 0.5) is 0 Å². The van der Waals surface area contributed by atoms with Crippen LogP contribution in [0.1, 0.15) is 100 Å². The van der Waals surface area contributed by atoms with E-state index in [1.807, 2.05) is 0 Å². The fourth-order valence-electron chi connectivity index (χ4n) is 11.5. The van der Waals surface area contributed by atoms with Crippen LogP contribution in [0, 0.1) is 51.2 Å². The molecule has 1 heterocycles. The predicted molar refractivity (Wildman–Crippen MR) is 167 cm³/mol. The monoisotopic (exact) mass is 604 g/mol. The SMILES string of the molecule is CC(C)=CC=C[C@@H](C)[C@H]1CC[C@@]2(C)[C@H]1[C@H](O)C[C@@H]1[C@@]3(C)CC[C@H](O[C@@H]4O[C@H](CO)[C@@H](O)[C@H](O)[C@H]4O)C(C)(C)C3CC[C@]12C. The molecule has 5 rings (SSSR count). The second kappa shape index (κ2) is 11.8. The van der Waals surface area contributed by atoms with Crippen molar-refractivity contribution in [1.29, 1.82) is 0 Å². The van der Waals surface area contributed by atoms with E-state index in [4.69, 9.17) is 9.47 Å². The Balaban J connectivity index is 1.37. The molecule has 1 saturated heterocycles. The quantitative estimate of drug-likeness (QED) is 0.214. The molecule has 0 aromatic carbocycles. The van der Waals surface area contributed by atoms with Crippen molar-refractivity contribution in [3.63, 3.8) is 0 Å². The molecule has 7 heteroatoms. The molecule has 1 aliphatic heterocycles. The molecule has 7 nitrogen and oxygen atoms in total. The van der Waals surface area contributed by atoms with Crippen molar-refractivity contribution >= 4 is 0 Å². The summed E-state index contributed by atoms with van der Waals surface area (Å²) in [7, 11) is 0. The minimum atomic E-state index is -1.44. The van der Waals surface area contributed by atoms with Gasteiger partial charge in [0.1, 0.15) is 24.4 Å². The number of rotatable bonds is 6. The highest BCUT2D eigenvalue weighted by atomic mass is 16.7. The van der Waals surface area contributed by atoms with Gasteiger partial charge in [0.2, 0.25) is 0 Å². The van der Waals surface area contributed by atoms with E-state index >= 15 is 0 Å². The minimum Gasteiger partial charge on any atom is -0.394 e. The fourth-order valence-corrected chi connectivity index (χ4v) is 11.5. The maximum Gasteiger partial charge on any atom is 0.186 e. The molecule has 5 N–H and O–H groups in total. The Kier molecular flexibility index (Phi) is 9.19. The van der Waals surface area contributed by atoms with Crippen LogP contribution in [0.3, 0.4) is 0 Å². The van der Waals surface area contributed by atoms with Gasteiger partial charge < -0.3 is 35.0 Å². The molecule has 5 aliphatic rings. The zero-order valence-electron chi connectivity index (χ0n) is 27.9. The molecule has 5 fully saturated rings. The lowest BCUT2D eigenvalue weighted by atomic mass is 9.35. The summed E-state index contributed by atoms with van der Waals surface area (Å²) in [6.45, 7) is 18.2. The van der Waals surface area contributed by atoms with Gasteiger partial charge in [-0.2, -0.15) is 0 Å². The molecule has 4 saturated carbocycles. The van der Waals surface area contributed by atoms with Gasteiger partial charge in [-0.3, -0.25) is 0 Å². The second-order valence-electron chi connectivity index (χ2n) is 16.7. The topological polar surface area (TPSA) is 120 Å². The summed E-state index contributed by atoms with van der Waals surface area (Å²) in [4.78, 5) is 0. The summed E-state index contributed by atoms with van der Waals surface area (Å²) in [6, 6.07) is 0. The lowest BCUT2D eigenvalue weighted by Gasteiger charge is -2.70. The standard InChI is InChI=1S/C36H60O7/c1-20(2)10-9-11-21(3)22-12-16-36(8)28(22)23(38)18-26-34(6)15-14-27(33(4,5)25(34)13-17-35(26,36)7)43-32-31(41)30(40)29(39)24(19-37)42-32/h9-11,21-32,37-41H,12-19H2,1-8H3/t21-,22-,23-,24-,25?,26-,27+,28-,29-,30+,31-,32+,34+,35-,36+/m1/s1. The lowest BCUT2D eigenvalue weighted by Crippen LogP contribution is -2.67. The third kappa shape index (κ3) is 5.21. The number of hydrogen-bond acceptors (Lipinski definition) is 7. The highest BCUT2D eigenvalue weighted by Gasteiger charge is 2.70. The van der Waals surface area contributed by atoms with E-state index in [-0.39, 0.29) is 33.9 Å². The zero-order valence-corrected chi connectivity index (χ0v) is 27.9. The maximum absolute atomic E-state index is 12.0. The number of hydrogen-bond donors (Lipinski definition) is 5. The number of ether oxygens (including phenoxy) is 2. The molecular weight excluding hydrogens is 544 g/mol. The van der Waals surface area contributed by atoms with Crippen molar-refractivity contribution in [3.05, 3.63) is 23.8 Å². The summed E-state index contributed by atoms with van der Waals surface area (Å²) in [5.74, 6) is 1.98. The van der Waals surface area contributed by atoms with Crippen LogP contribution in [-0.4, -0.2) is 75.1 Å². The van der Waals surface area contributed by atoms with Gasteiger partial charge in [0.05, 0.1) is 18.8 Å². The van der Waals surface area contributed by atoms with Gasteiger partial charge in [0, 0.05) is 0 Å². The van der Waals surface area contributed by atoms with E-state index in [9.17, 15) is 25.5 Å². The Labute approximate surface area is 259 Å². The van der Waals surface area contributed by atoms with Crippen LogP contribution in [0.2, 0.25) is 0 Å². The summed E-state index contributed by atoms with van der Waals surface area (Å²) < 4.78 is 12.2. The molecule has 0 aromatic rings. The third-order valence-electron chi connectivity index (χ3n) is 14.0. The van der Waals surface area contributed by atoms with E-state index < -0.39 is 37.3 Å².